The van der Waals surface area contributed by atoms with Crippen molar-refractivity contribution < 1.29 is 14.3 Å². The molecule has 168 valence electrons. The Morgan fingerprint density at radius 1 is 1.13 bits per heavy atom. The predicted molar refractivity (Wildman–Crippen MR) is 126 cm³/mol. The average Bonchev–Trinajstić information content (AvgIpc) is 2.71. The summed E-state index contributed by atoms with van der Waals surface area (Å²) in [7, 11) is 0. The maximum Gasteiger partial charge on any atom is 0.261 e. The summed E-state index contributed by atoms with van der Waals surface area (Å²) in [5, 5.41) is 3.76. The van der Waals surface area contributed by atoms with Crippen LogP contribution in [0, 0.1) is 12.8 Å². The summed E-state index contributed by atoms with van der Waals surface area (Å²) in [5.74, 6) is 0.228. The van der Waals surface area contributed by atoms with Gasteiger partial charge in [0.15, 0.2) is 6.61 Å². The number of carbonyl (C=O) groups is 2. The van der Waals surface area contributed by atoms with E-state index in [9.17, 15) is 9.59 Å². The van der Waals surface area contributed by atoms with Crippen LogP contribution in [0.2, 0.25) is 10.0 Å². The highest BCUT2D eigenvalue weighted by atomic mass is 35.5. The van der Waals surface area contributed by atoms with Crippen LogP contribution in [0.3, 0.4) is 0 Å². The van der Waals surface area contributed by atoms with Crippen LogP contribution < -0.4 is 10.1 Å². The fourth-order valence-corrected chi connectivity index (χ4v) is 3.63. The third kappa shape index (κ3) is 7.75. The van der Waals surface area contributed by atoms with Crippen molar-refractivity contribution in [2.45, 2.75) is 46.7 Å². The third-order valence-electron chi connectivity index (χ3n) is 4.75. The molecule has 2 aromatic carbocycles. The molecular weight excluding hydrogens is 435 g/mol. The van der Waals surface area contributed by atoms with E-state index in [2.05, 4.69) is 5.32 Å². The SMILES string of the molecule is CC[C@H](C(=O)NCC(C)C)N(Cc1cccc(C)c1)C(=O)COc1ccc(Cl)cc1Cl. The number of aryl methyl sites for hydroxylation is 1. The highest BCUT2D eigenvalue weighted by molar-refractivity contribution is 6.35. The highest BCUT2D eigenvalue weighted by Gasteiger charge is 2.29. The molecule has 0 heterocycles. The van der Waals surface area contributed by atoms with Gasteiger partial charge >= 0.3 is 0 Å². The summed E-state index contributed by atoms with van der Waals surface area (Å²) in [6.07, 6.45) is 0.489. The molecule has 1 atom stereocenters. The third-order valence-corrected chi connectivity index (χ3v) is 5.28. The standard InChI is InChI=1S/C24H30Cl2N2O3/c1-5-21(24(30)27-13-16(2)3)28(14-18-8-6-7-17(4)11-18)23(29)15-31-22-10-9-19(25)12-20(22)26/h6-12,16,21H,5,13-15H2,1-4H3,(H,27,30)/t21-/m1/s1. The lowest BCUT2D eigenvalue weighted by Gasteiger charge is -2.31. The zero-order valence-electron chi connectivity index (χ0n) is 18.5. The van der Waals surface area contributed by atoms with Gasteiger partial charge < -0.3 is 15.0 Å². The van der Waals surface area contributed by atoms with Gasteiger partial charge in [-0.15, -0.1) is 0 Å². The molecule has 0 fully saturated rings. The Morgan fingerprint density at radius 3 is 2.48 bits per heavy atom. The first-order valence-electron chi connectivity index (χ1n) is 10.4. The van der Waals surface area contributed by atoms with Crippen molar-refractivity contribution in [3.8, 4) is 5.75 Å². The van der Waals surface area contributed by atoms with Gasteiger partial charge in [-0.05, 0) is 43.0 Å². The van der Waals surface area contributed by atoms with Crippen molar-refractivity contribution in [1.82, 2.24) is 10.2 Å². The number of ether oxygens (including phenoxy) is 1. The van der Waals surface area contributed by atoms with Crippen molar-refractivity contribution in [1.29, 1.82) is 0 Å². The van der Waals surface area contributed by atoms with Crippen molar-refractivity contribution in [2.75, 3.05) is 13.2 Å². The van der Waals surface area contributed by atoms with E-state index in [1.165, 1.54) is 0 Å². The monoisotopic (exact) mass is 464 g/mol. The number of rotatable bonds is 10. The van der Waals surface area contributed by atoms with Crippen molar-refractivity contribution in [3.63, 3.8) is 0 Å². The fourth-order valence-electron chi connectivity index (χ4n) is 3.16. The molecule has 2 rings (SSSR count). The summed E-state index contributed by atoms with van der Waals surface area (Å²) < 4.78 is 5.66. The van der Waals surface area contributed by atoms with Crippen LogP contribution in [0.15, 0.2) is 42.5 Å². The number of amides is 2. The summed E-state index contributed by atoms with van der Waals surface area (Å²) in [5.41, 5.74) is 2.04. The van der Waals surface area contributed by atoms with E-state index in [1.54, 1.807) is 23.1 Å². The van der Waals surface area contributed by atoms with Crippen molar-refractivity contribution >= 4 is 35.0 Å². The summed E-state index contributed by atoms with van der Waals surface area (Å²) >= 11 is 12.1. The number of halogens is 2. The van der Waals surface area contributed by atoms with Crippen LogP contribution in [-0.4, -0.2) is 35.9 Å². The molecule has 0 aliphatic heterocycles. The second-order valence-electron chi connectivity index (χ2n) is 7.94. The van der Waals surface area contributed by atoms with Crippen LogP contribution in [-0.2, 0) is 16.1 Å². The van der Waals surface area contributed by atoms with Crippen LogP contribution in [0.4, 0.5) is 0 Å². The van der Waals surface area contributed by atoms with E-state index < -0.39 is 6.04 Å². The zero-order valence-corrected chi connectivity index (χ0v) is 20.0. The molecule has 0 saturated carbocycles. The number of nitrogens with one attached hydrogen (secondary N) is 1. The lowest BCUT2D eigenvalue weighted by atomic mass is 10.1. The summed E-state index contributed by atoms with van der Waals surface area (Å²) in [6, 6.07) is 12.1. The second kappa shape index (κ2) is 12.0. The molecule has 0 saturated heterocycles. The van der Waals surface area contributed by atoms with Gasteiger partial charge in [0.05, 0.1) is 5.02 Å². The molecule has 0 unspecified atom stereocenters. The summed E-state index contributed by atoms with van der Waals surface area (Å²) in [4.78, 5) is 27.6. The van der Waals surface area contributed by atoms with Crippen LogP contribution in [0.25, 0.3) is 0 Å². The first kappa shape index (κ1) is 25.0. The first-order valence-corrected chi connectivity index (χ1v) is 11.2. The average molecular weight is 465 g/mol. The number of hydrogen-bond acceptors (Lipinski definition) is 3. The molecule has 2 aromatic rings. The molecule has 7 heteroatoms. The fraction of sp³-hybridized carbons (Fsp3) is 0.417. The van der Waals surface area contributed by atoms with E-state index in [0.29, 0.717) is 41.2 Å². The number of nitrogens with zero attached hydrogens (tertiary/aromatic N) is 1. The smallest absolute Gasteiger partial charge is 0.261 e. The molecule has 0 spiro atoms. The van der Waals surface area contributed by atoms with E-state index >= 15 is 0 Å². The van der Waals surface area contributed by atoms with Gasteiger partial charge in [0.1, 0.15) is 11.8 Å². The Kier molecular flexibility index (Phi) is 9.66. The predicted octanol–water partition coefficient (Wildman–Crippen LogP) is 5.26. The van der Waals surface area contributed by atoms with Crippen LogP contribution >= 0.6 is 23.2 Å². The number of hydrogen-bond donors (Lipinski definition) is 1. The second-order valence-corrected chi connectivity index (χ2v) is 8.78. The van der Waals surface area contributed by atoms with Gasteiger partial charge in [-0.2, -0.15) is 0 Å². The Bertz CT molecular complexity index is 902. The maximum absolute atomic E-state index is 13.2. The highest BCUT2D eigenvalue weighted by Crippen LogP contribution is 2.27. The van der Waals surface area contributed by atoms with E-state index in [-0.39, 0.29) is 18.4 Å². The largest absolute Gasteiger partial charge is 0.482 e. The quantitative estimate of drug-likeness (QED) is 0.521. The van der Waals surface area contributed by atoms with E-state index in [4.69, 9.17) is 27.9 Å². The van der Waals surface area contributed by atoms with E-state index in [0.717, 1.165) is 11.1 Å². The van der Waals surface area contributed by atoms with Crippen molar-refractivity contribution in [3.05, 3.63) is 63.6 Å². The van der Waals surface area contributed by atoms with E-state index in [1.807, 2.05) is 52.0 Å². The first-order chi connectivity index (χ1) is 14.7. The molecule has 2 amide bonds. The normalized spacial score (nSPS) is 11.8. The Morgan fingerprint density at radius 2 is 1.87 bits per heavy atom. The molecule has 0 bridgehead atoms. The van der Waals surface area contributed by atoms with Crippen molar-refractivity contribution in [2.24, 2.45) is 5.92 Å². The molecule has 1 N–H and O–H groups in total. The minimum Gasteiger partial charge on any atom is -0.482 e. The van der Waals surface area contributed by atoms with Gasteiger partial charge in [-0.25, -0.2) is 0 Å². The molecule has 0 aliphatic carbocycles. The zero-order chi connectivity index (χ0) is 23.0. The summed E-state index contributed by atoms with van der Waals surface area (Å²) in [6.45, 7) is 8.58. The lowest BCUT2D eigenvalue weighted by molar-refractivity contribution is -0.143. The number of carbonyl (C=O) groups excluding carboxylic acids is 2. The lowest BCUT2D eigenvalue weighted by Crippen LogP contribution is -2.50. The Labute approximate surface area is 194 Å². The van der Waals surface area contributed by atoms with Crippen LogP contribution in [0.1, 0.15) is 38.3 Å². The topological polar surface area (TPSA) is 58.6 Å². The minimum atomic E-state index is -0.601. The molecule has 0 radical (unpaired) electrons. The maximum atomic E-state index is 13.2. The molecular formula is C24H30Cl2N2O3. The van der Waals surface area contributed by atoms with Gasteiger partial charge in [0.2, 0.25) is 5.91 Å². The van der Waals surface area contributed by atoms with Gasteiger partial charge in [0, 0.05) is 18.1 Å². The Hall–Kier alpha value is -2.24. The van der Waals surface area contributed by atoms with Gasteiger partial charge in [0.25, 0.3) is 5.91 Å². The van der Waals surface area contributed by atoms with Gasteiger partial charge in [-0.1, -0.05) is 73.8 Å². The molecule has 0 aromatic heterocycles. The molecule has 0 aliphatic rings. The molecule has 31 heavy (non-hydrogen) atoms. The van der Waals surface area contributed by atoms with Crippen LogP contribution in [0.5, 0.6) is 5.75 Å². The molecule has 5 nitrogen and oxygen atoms in total. The minimum absolute atomic E-state index is 0.165. The van der Waals surface area contributed by atoms with Gasteiger partial charge in [-0.3, -0.25) is 9.59 Å². The Balaban J connectivity index is 2.21. The number of benzene rings is 2.